The van der Waals surface area contributed by atoms with Crippen molar-refractivity contribution < 1.29 is 9.52 Å². The van der Waals surface area contributed by atoms with Crippen LogP contribution in [0.2, 0.25) is 0 Å². The van der Waals surface area contributed by atoms with E-state index in [1.807, 2.05) is 25.1 Å². The highest BCUT2D eigenvalue weighted by Gasteiger charge is 2.10. The first-order valence-corrected chi connectivity index (χ1v) is 4.80. The number of hydrogen-bond donors (Lipinski definition) is 1. The van der Waals surface area contributed by atoms with Gasteiger partial charge in [0.15, 0.2) is 0 Å². The molecule has 0 saturated carbocycles. The van der Waals surface area contributed by atoms with Gasteiger partial charge in [-0.25, -0.2) is 0 Å². The number of fused-ring (bicyclic) bond motifs is 1. The number of halogens is 1. The zero-order chi connectivity index (χ0) is 9.42. The minimum atomic E-state index is -0.0487. The van der Waals surface area contributed by atoms with E-state index in [0.717, 1.165) is 21.0 Å². The van der Waals surface area contributed by atoms with Crippen molar-refractivity contribution >= 4 is 26.9 Å². The molecule has 1 aromatic heterocycles. The molecule has 0 radical (unpaired) electrons. The molecule has 0 aliphatic heterocycles. The number of aryl methyl sites for hydroxylation is 1. The summed E-state index contributed by atoms with van der Waals surface area (Å²) in [5.74, 6) is 0.641. The fourth-order valence-electron chi connectivity index (χ4n) is 1.45. The maximum atomic E-state index is 9.00. The highest BCUT2D eigenvalue weighted by Crippen LogP contribution is 2.31. The molecule has 0 aliphatic carbocycles. The molecule has 0 fully saturated rings. The summed E-state index contributed by atoms with van der Waals surface area (Å²) in [7, 11) is 0. The molecule has 2 rings (SSSR count). The second-order valence-corrected chi connectivity index (χ2v) is 3.78. The zero-order valence-corrected chi connectivity index (χ0v) is 8.76. The van der Waals surface area contributed by atoms with Gasteiger partial charge in [-0.15, -0.1) is 0 Å². The van der Waals surface area contributed by atoms with Crippen LogP contribution in [0.25, 0.3) is 11.0 Å². The van der Waals surface area contributed by atoms with E-state index < -0.39 is 0 Å². The zero-order valence-electron chi connectivity index (χ0n) is 7.17. The lowest BCUT2D eigenvalue weighted by Crippen LogP contribution is -1.80. The maximum Gasteiger partial charge on any atom is 0.135 e. The van der Waals surface area contributed by atoms with Crippen LogP contribution in [0.3, 0.4) is 0 Å². The van der Waals surface area contributed by atoms with Crippen LogP contribution >= 0.6 is 15.9 Å². The molecule has 0 amide bonds. The summed E-state index contributed by atoms with van der Waals surface area (Å²) in [6.07, 6.45) is 0. The third kappa shape index (κ3) is 1.28. The van der Waals surface area contributed by atoms with Gasteiger partial charge in [0.25, 0.3) is 0 Å². The molecule has 2 aromatic rings. The van der Waals surface area contributed by atoms with Crippen molar-refractivity contribution in [2.45, 2.75) is 13.5 Å². The Labute approximate surface area is 84.3 Å². The summed E-state index contributed by atoms with van der Waals surface area (Å²) in [5.41, 5.74) is 1.82. The first-order valence-electron chi connectivity index (χ1n) is 4.01. The van der Waals surface area contributed by atoms with Gasteiger partial charge in [-0.1, -0.05) is 22.0 Å². The molecule has 13 heavy (non-hydrogen) atoms. The van der Waals surface area contributed by atoms with Crippen LogP contribution in [0.4, 0.5) is 0 Å². The van der Waals surface area contributed by atoms with Gasteiger partial charge in [-0.3, -0.25) is 0 Å². The van der Waals surface area contributed by atoms with Crippen LogP contribution in [0, 0.1) is 6.92 Å². The van der Waals surface area contributed by atoms with Crippen LogP contribution < -0.4 is 0 Å². The Morgan fingerprint density at radius 2 is 2.23 bits per heavy atom. The van der Waals surface area contributed by atoms with Crippen molar-refractivity contribution in [1.82, 2.24) is 0 Å². The van der Waals surface area contributed by atoms with Gasteiger partial charge in [-0.2, -0.15) is 0 Å². The van der Waals surface area contributed by atoms with Gasteiger partial charge in [-0.05, 0) is 19.1 Å². The molecule has 0 bridgehead atoms. The monoisotopic (exact) mass is 240 g/mol. The molecule has 3 heteroatoms. The van der Waals surface area contributed by atoms with E-state index in [1.54, 1.807) is 0 Å². The molecular formula is C10H9BrO2. The van der Waals surface area contributed by atoms with E-state index in [0.29, 0.717) is 5.76 Å². The average Bonchev–Trinajstić information content (AvgIpc) is 2.44. The molecule has 2 nitrogen and oxygen atoms in total. The van der Waals surface area contributed by atoms with Crippen molar-refractivity contribution in [2.24, 2.45) is 0 Å². The van der Waals surface area contributed by atoms with Crippen molar-refractivity contribution in [3.63, 3.8) is 0 Å². The summed E-state index contributed by atoms with van der Waals surface area (Å²) >= 11 is 3.45. The van der Waals surface area contributed by atoms with E-state index in [1.165, 1.54) is 0 Å². The predicted octanol–water partition coefficient (Wildman–Crippen LogP) is 3.00. The minimum absolute atomic E-state index is 0.0487. The molecule has 68 valence electrons. The van der Waals surface area contributed by atoms with Crippen LogP contribution in [-0.4, -0.2) is 5.11 Å². The molecule has 0 unspecified atom stereocenters. The van der Waals surface area contributed by atoms with E-state index in [2.05, 4.69) is 15.9 Å². The second kappa shape index (κ2) is 3.16. The quantitative estimate of drug-likeness (QED) is 0.832. The van der Waals surface area contributed by atoms with Gasteiger partial charge < -0.3 is 9.52 Å². The van der Waals surface area contributed by atoms with Gasteiger partial charge in [0.05, 0.1) is 0 Å². The minimum Gasteiger partial charge on any atom is -0.458 e. The normalized spacial score (nSPS) is 11.0. The summed E-state index contributed by atoms with van der Waals surface area (Å²) in [6, 6.07) is 5.77. The van der Waals surface area contributed by atoms with E-state index in [4.69, 9.17) is 9.52 Å². The lowest BCUT2D eigenvalue weighted by Gasteiger charge is -1.92. The van der Waals surface area contributed by atoms with Crippen LogP contribution in [0.1, 0.15) is 11.3 Å². The Hall–Kier alpha value is -0.800. The summed E-state index contributed by atoms with van der Waals surface area (Å²) in [4.78, 5) is 0. The molecule has 0 aliphatic rings. The maximum absolute atomic E-state index is 9.00. The molecular weight excluding hydrogens is 232 g/mol. The van der Waals surface area contributed by atoms with Gasteiger partial charge >= 0.3 is 0 Å². The number of hydrogen-bond acceptors (Lipinski definition) is 2. The predicted molar refractivity (Wildman–Crippen MR) is 54.6 cm³/mol. The number of benzene rings is 1. The highest BCUT2D eigenvalue weighted by atomic mass is 79.9. The third-order valence-corrected chi connectivity index (χ3v) is 2.81. The summed E-state index contributed by atoms with van der Waals surface area (Å²) < 4.78 is 6.45. The fraction of sp³-hybridized carbons (Fsp3) is 0.200. The number of rotatable bonds is 1. The van der Waals surface area contributed by atoms with Gasteiger partial charge in [0.2, 0.25) is 0 Å². The lowest BCUT2D eigenvalue weighted by atomic mass is 10.1. The fourth-order valence-corrected chi connectivity index (χ4v) is 2.10. The van der Waals surface area contributed by atoms with Crippen molar-refractivity contribution in [3.8, 4) is 0 Å². The van der Waals surface area contributed by atoms with E-state index in [9.17, 15) is 0 Å². The standard InChI is InChI=1S/C10H9BrO2/c1-6-9(5-12)13-8-4-2-3-7(11)10(6)8/h2-4,12H,5H2,1H3. The van der Waals surface area contributed by atoms with Gasteiger partial charge in [0, 0.05) is 15.4 Å². The number of aliphatic hydroxyl groups excluding tert-OH is 1. The average molecular weight is 241 g/mol. The Morgan fingerprint density at radius 1 is 1.46 bits per heavy atom. The smallest absolute Gasteiger partial charge is 0.135 e. The Kier molecular flexibility index (Phi) is 2.14. The van der Waals surface area contributed by atoms with Crippen LogP contribution in [-0.2, 0) is 6.61 Å². The van der Waals surface area contributed by atoms with Crippen LogP contribution in [0.15, 0.2) is 27.1 Å². The molecule has 1 heterocycles. The Bertz CT molecular complexity index is 445. The Balaban J connectivity index is 2.85. The molecule has 1 N–H and O–H groups in total. The van der Waals surface area contributed by atoms with Crippen molar-refractivity contribution in [3.05, 3.63) is 34.0 Å². The van der Waals surface area contributed by atoms with Crippen LogP contribution in [0.5, 0.6) is 0 Å². The topological polar surface area (TPSA) is 33.4 Å². The van der Waals surface area contributed by atoms with E-state index >= 15 is 0 Å². The number of furan rings is 1. The lowest BCUT2D eigenvalue weighted by molar-refractivity contribution is 0.250. The van der Waals surface area contributed by atoms with E-state index in [-0.39, 0.29) is 6.61 Å². The second-order valence-electron chi connectivity index (χ2n) is 2.92. The Morgan fingerprint density at radius 3 is 2.85 bits per heavy atom. The SMILES string of the molecule is Cc1c(CO)oc2cccc(Br)c12. The van der Waals surface area contributed by atoms with Crippen molar-refractivity contribution in [1.29, 1.82) is 0 Å². The van der Waals surface area contributed by atoms with Crippen molar-refractivity contribution in [2.75, 3.05) is 0 Å². The first kappa shape index (κ1) is 8.78. The molecule has 0 saturated heterocycles. The largest absolute Gasteiger partial charge is 0.458 e. The molecule has 0 atom stereocenters. The van der Waals surface area contributed by atoms with Gasteiger partial charge in [0.1, 0.15) is 18.0 Å². The summed E-state index contributed by atoms with van der Waals surface area (Å²) in [5, 5.41) is 10.0. The molecule has 1 aromatic carbocycles. The number of aliphatic hydroxyl groups is 1. The summed E-state index contributed by atoms with van der Waals surface area (Å²) in [6.45, 7) is 1.90. The highest BCUT2D eigenvalue weighted by molar-refractivity contribution is 9.10. The first-order chi connectivity index (χ1) is 6.24. The molecule has 0 spiro atoms. The third-order valence-electron chi connectivity index (χ3n) is 2.15.